The lowest BCUT2D eigenvalue weighted by molar-refractivity contribution is 0.127. The van der Waals surface area contributed by atoms with Crippen LogP contribution in [-0.2, 0) is 0 Å². The van der Waals surface area contributed by atoms with Gasteiger partial charge >= 0.3 is 0 Å². The van der Waals surface area contributed by atoms with Crippen LogP contribution in [0.5, 0.6) is 0 Å². The van der Waals surface area contributed by atoms with Crippen LogP contribution in [0.15, 0.2) is 0 Å². The molecule has 0 unspecified atom stereocenters. The van der Waals surface area contributed by atoms with Crippen molar-refractivity contribution in [3.8, 4) is 6.07 Å². The minimum absolute atomic E-state index is 0.00696. The third kappa shape index (κ3) is 5.01. The molecule has 0 aromatic carbocycles. The Labute approximate surface area is 132 Å². The molecule has 0 aliphatic heterocycles. The summed E-state index contributed by atoms with van der Waals surface area (Å²) >= 11 is 0. The predicted octanol–water partition coefficient (Wildman–Crippen LogP) is 6.48. The zero-order chi connectivity index (χ0) is 15.1. The molecule has 120 valence electrons. The molecule has 2 aliphatic rings. The summed E-state index contributed by atoms with van der Waals surface area (Å²) < 4.78 is 0. The summed E-state index contributed by atoms with van der Waals surface area (Å²) in [7, 11) is 0. The van der Waals surface area contributed by atoms with Gasteiger partial charge in [0.25, 0.3) is 0 Å². The van der Waals surface area contributed by atoms with Crippen LogP contribution in [0.3, 0.4) is 0 Å². The SMILES string of the molecule is CCCCCCC1CCC([C@H]2CC[C@](C)(C#N)CC2)CC1. The second-order valence-corrected chi connectivity index (χ2v) is 8.14. The van der Waals surface area contributed by atoms with Gasteiger partial charge in [-0.2, -0.15) is 5.26 Å². The summed E-state index contributed by atoms with van der Waals surface area (Å²) in [5.74, 6) is 2.96. The van der Waals surface area contributed by atoms with Gasteiger partial charge in [0.05, 0.1) is 11.5 Å². The van der Waals surface area contributed by atoms with Crippen molar-refractivity contribution >= 4 is 0 Å². The molecular weight excluding hydrogens is 254 g/mol. The fraction of sp³-hybridized carbons (Fsp3) is 0.950. The van der Waals surface area contributed by atoms with Crippen molar-refractivity contribution in [1.82, 2.24) is 0 Å². The normalized spacial score (nSPS) is 37.1. The number of hydrogen-bond donors (Lipinski definition) is 0. The summed E-state index contributed by atoms with van der Waals surface area (Å²) in [4.78, 5) is 0. The van der Waals surface area contributed by atoms with Gasteiger partial charge in [0.2, 0.25) is 0 Å². The van der Waals surface area contributed by atoms with Gasteiger partial charge in [0.1, 0.15) is 0 Å². The quantitative estimate of drug-likeness (QED) is 0.513. The lowest BCUT2D eigenvalue weighted by Crippen LogP contribution is -2.29. The Hall–Kier alpha value is -0.510. The molecule has 0 spiro atoms. The van der Waals surface area contributed by atoms with E-state index >= 15 is 0 Å². The molecule has 1 nitrogen and oxygen atoms in total. The summed E-state index contributed by atoms with van der Waals surface area (Å²) in [6.07, 6.45) is 18.0. The summed E-state index contributed by atoms with van der Waals surface area (Å²) in [6, 6.07) is 2.54. The van der Waals surface area contributed by atoms with Crippen LogP contribution in [0.4, 0.5) is 0 Å². The van der Waals surface area contributed by atoms with E-state index in [2.05, 4.69) is 19.9 Å². The number of rotatable bonds is 6. The van der Waals surface area contributed by atoms with E-state index < -0.39 is 0 Å². The van der Waals surface area contributed by atoms with Crippen molar-refractivity contribution in [2.24, 2.45) is 23.2 Å². The number of unbranched alkanes of at least 4 members (excludes halogenated alkanes) is 3. The maximum Gasteiger partial charge on any atom is 0.0686 e. The molecule has 2 fully saturated rings. The molecule has 0 N–H and O–H groups in total. The minimum Gasteiger partial charge on any atom is -0.198 e. The van der Waals surface area contributed by atoms with E-state index in [0.717, 1.165) is 30.6 Å². The third-order valence-corrected chi connectivity index (χ3v) is 6.43. The van der Waals surface area contributed by atoms with Crippen LogP contribution in [0.1, 0.15) is 97.3 Å². The van der Waals surface area contributed by atoms with Gasteiger partial charge < -0.3 is 0 Å². The lowest BCUT2D eigenvalue weighted by atomic mass is 9.65. The van der Waals surface area contributed by atoms with E-state index in [1.807, 2.05) is 0 Å². The molecule has 21 heavy (non-hydrogen) atoms. The Bertz CT molecular complexity index is 324. The highest BCUT2D eigenvalue weighted by atomic mass is 14.4. The van der Waals surface area contributed by atoms with E-state index in [1.165, 1.54) is 70.6 Å². The van der Waals surface area contributed by atoms with Crippen molar-refractivity contribution < 1.29 is 0 Å². The van der Waals surface area contributed by atoms with Crippen LogP contribution >= 0.6 is 0 Å². The van der Waals surface area contributed by atoms with Crippen molar-refractivity contribution in [1.29, 1.82) is 5.26 Å². The van der Waals surface area contributed by atoms with Crippen molar-refractivity contribution in [2.45, 2.75) is 97.3 Å². The second-order valence-electron chi connectivity index (χ2n) is 8.14. The van der Waals surface area contributed by atoms with Crippen molar-refractivity contribution in [2.75, 3.05) is 0 Å². The highest BCUT2D eigenvalue weighted by molar-refractivity contribution is 4.99. The first-order chi connectivity index (χ1) is 10.2. The largest absolute Gasteiger partial charge is 0.198 e. The van der Waals surface area contributed by atoms with Gasteiger partial charge in [-0.25, -0.2) is 0 Å². The van der Waals surface area contributed by atoms with Crippen LogP contribution in [0.2, 0.25) is 0 Å². The molecule has 0 aromatic heterocycles. The predicted molar refractivity (Wildman–Crippen MR) is 89.9 cm³/mol. The smallest absolute Gasteiger partial charge is 0.0686 e. The van der Waals surface area contributed by atoms with Gasteiger partial charge in [-0.3, -0.25) is 0 Å². The molecule has 2 aliphatic carbocycles. The molecule has 0 saturated heterocycles. The number of hydrogen-bond acceptors (Lipinski definition) is 1. The molecular formula is C20H35N. The highest BCUT2D eigenvalue weighted by Crippen LogP contribution is 2.45. The minimum atomic E-state index is -0.00696. The molecule has 2 saturated carbocycles. The van der Waals surface area contributed by atoms with Gasteiger partial charge in [-0.05, 0) is 63.2 Å². The maximum absolute atomic E-state index is 9.25. The van der Waals surface area contributed by atoms with E-state index in [4.69, 9.17) is 0 Å². The number of nitrogens with zero attached hydrogens (tertiary/aromatic N) is 1. The molecule has 0 atom stereocenters. The Morgan fingerprint density at radius 3 is 2.10 bits per heavy atom. The molecule has 0 aromatic rings. The molecule has 0 radical (unpaired) electrons. The third-order valence-electron chi connectivity index (χ3n) is 6.43. The maximum atomic E-state index is 9.25. The van der Waals surface area contributed by atoms with E-state index in [0.29, 0.717) is 0 Å². The second kappa shape index (κ2) is 8.21. The average molecular weight is 290 g/mol. The lowest BCUT2D eigenvalue weighted by Gasteiger charge is -2.39. The van der Waals surface area contributed by atoms with Crippen molar-refractivity contribution in [3.05, 3.63) is 0 Å². The summed E-state index contributed by atoms with van der Waals surface area (Å²) in [5.41, 5.74) is -0.00696. The fourth-order valence-electron chi connectivity index (χ4n) is 4.67. The summed E-state index contributed by atoms with van der Waals surface area (Å²) in [5, 5.41) is 9.25. The van der Waals surface area contributed by atoms with Gasteiger partial charge in [-0.1, -0.05) is 51.9 Å². The topological polar surface area (TPSA) is 23.8 Å². The van der Waals surface area contributed by atoms with Crippen LogP contribution in [-0.4, -0.2) is 0 Å². The van der Waals surface area contributed by atoms with Gasteiger partial charge in [0, 0.05) is 0 Å². The standard InChI is InChI=1S/C20H35N/c1-3-4-5-6-7-17-8-10-18(11-9-17)19-12-14-20(2,16-21)15-13-19/h17-19H,3-15H2,1-2H3/t17?,18?,19-,20-. The zero-order valence-electron chi connectivity index (χ0n) is 14.4. The Morgan fingerprint density at radius 2 is 1.52 bits per heavy atom. The van der Waals surface area contributed by atoms with E-state index in [1.54, 1.807) is 0 Å². The average Bonchev–Trinajstić information content (AvgIpc) is 2.53. The Balaban J connectivity index is 1.64. The van der Waals surface area contributed by atoms with Crippen LogP contribution in [0, 0.1) is 34.5 Å². The highest BCUT2D eigenvalue weighted by Gasteiger charge is 2.35. The molecule has 1 heteroatoms. The fourth-order valence-corrected chi connectivity index (χ4v) is 4.67. The van der Waals surface area contributed by atoms with E-state index in [9.17, 15) is 5.26 Å². The first kappa shape index (κ1) is 16.9. The molecule has 0 amide bonds. The van der Waals surface area contributed by atoms with E-state index in [-0.39, 0.29) is 5.41 Å². The molecule has 2 rings (SSSR count). The Kier molecular flexibility index (Phi) is 6.59. The molecule has 0 bridgehead atoms. The molecule has 0 heterocycles. The van der Waals surface area contributed by atoms with Crippen LogP contribution in [0.25, 0.3) is 0 Å². The van der Waals surface area contributed by atoms with Gasteiger partial charge in [0.15, 0.2) is 0 Å². The number of nitriles is 1. The van der Waals surface area contributed by atoms with Crippen molar-refractivity contribution in [3.63, 3.8) is 0 Å². The first-order valence-electron chi connectivity index (χ1n) is 9.58. The summed E-state index contributed by atoms with van der Waals surface area (Å²) in [6.45, 7) is 4.46. The monoisotopic (exact) mass is 289 g/mol. The Morgan fingerprint density at radius 1 is 0.905 bits per heavy atom. The van der Waals surface area contributed by atoms with Gasteiger partial charge in [-0.15, -0.1) is 0 Å². The van der Waals surface area contributed by atoms with Crippen LogP contribution < -0.4 is 0 Å². The first-order valence-corrected chi connectivity index (χ1v) is 9.58. The zero-order valence-corrected chi connectivity index (χ0v) is 14.4.